The van der Waals surface area contributed by atoms with Gasteiger partial charge in [-0.2, -0.15) is 4.31 Å². The molecule has 1 fully saturated rings. The van der Waals surface area contributed by atoms with E-state index in [0.29, 0.717) is 4.31 Å². The second-order valence-corrected chi connectivity index (χ2v) is 5.45. The van der Waals surface area contributed by atoms with E-state index < -0.39 is 28.0 Å². The molecule has 0 unspecified atom stereocenters. The first-order chi connectivity index (χ1) is 8.46. The summed E-state index contributed by atoms with van der Waals surface area (Å²) in [5.41, 5.74) is 0. The van der Waals surface area contributed by atoms with Gasteiger partial charge in [-0.05, 0) is 24.3 Å². The van der Waals surface area contributed by atoms with Crippen molar-refractivity contribution in [1.29, 1.82) is 0 Å². The van der Waals surface area contributed by atoms with Crippen molar-refractivity contribution < 1.29 is 22.3 Å². The highest BCUT2D eigenvalue weighted by atomic mass is 32.2. The minimum atomic E-state index is -4.05. The van der Waals surface area contributed by atoms with E-state index in [1.165, 1.54) is 6.08 Å². The summed E-state index contributed by atoms with van der Waals surface area (Å²) in [6, 6.07) is 3.47. The van der Waals surface area contributed by atoms with Gasteiger partial charge >= 0.3 is 6.09 Å². The SMILES string of the molecule is C=C[C@H]1COC(=O)N1S(=O)(=O)c1ccc(F)cc1. The van der Waals surface area contributed by atoms with Crippen LogP contribution >= 0.6 is 0 Å². The summed E-state index contributed by atoms with van der Waals surface area (Å²) in [5, 5.41) is 0. The summed E-state index contributed by atoms with van der Waals surface area (Å²) in [5.74, 6) is -0.557. The van der Waals surface area contributed by atoms with E-state index in [1.807, 2.05) is 0 Å². The van der Waals surface area contributed by atoms with Crippen LogP contribution in [0.5, 0.6) is 0 Å². The van der Waals surface area contributed by atoms with E-state index in [0.717, 1.165) is 24.3 Å². The third-order valence-corrected chi connectivity index (χ3v) is 4.31. The third kappa shape index (κ3) is 1.97. The van der Waals surface area contributed by atoms with Gasteiger partial charge in [0.15, 0.2) is 0 Å². The second-order valence-electron chi connectivity index (χ2n) is 3.63. The molecule has 1 atom stereocenters. The van der Waals surface area contributed by atoms with Crippen LogP contribution in [0.1, 0.15) is 0 Å². The maximum atomic E-state index is 12.8. The van der Waals surface area contributed by atoms with Crippen LogP contribution in [0.25, 0.3) is 0 Å². The Morgan fingerprint density at radius 1 is 1.39 bits per heavy atom. The van der Waals surface area contributed by atoms with E-state index >= 15 is 0 Å². The summed E-state index contributed by atoms with van der Waals surface area (Å²) in [6.45, 7) is 3.38. The van der Waals surface area contributed by atoms with Gasteiger partial charge in [0.1, 0.15) is 18.5 Å². The molecule has 0 bridgehead atoms. The molecule has 0 aliphatic carbocycles. The van der Waals surface area contributed by atoms with E-state index in [-0.39, 0.29) is 11.5 Å². The lowest BCUT2D eigenvalue weighted by Crippen LogP contribution is -2.37. The Morgan fingerprint density at radius 2 is 2.00 bits per heavy atom. The van der Waals surface area contributed by atoms with Gasteiger partial charge in [0.25, 0.3) is 10.0 Å². The largest absolute Gasteiger partial charge is 0.446 e. The van der Waals surface area contributed by atoms with Crippen LogP contribution in [0, 0.1) is 5.82 Å². The van der Waals surface area contributed by atoms with Gasteiger partial charge in [-0.1, -0.05) is 6.08 Å². The zero-order chi connectivity index (χ0) is 13.3. The van der Waals surface area contributed by atoms with Crippen molar-refractivity contribution in [3.63, 3.8) is 0 Å². The minimum Gasteiger partial charge on any atom is -0.446 e. The number of ether oxygens (including phenoxy) is 1. The van der Waals surface area contributed by atoms with Crippen LogP contribution in [0.4, 0.5) is 9.18 Å². The van der Waals surface area contributed by atoms with Gasteiger partial charge in [-0.15, -0.1) is 6.58 Å². The molecular formula is C11H10FNO4S. The molecule has 1 aliphatic rings. The van der Waals surface area contributed by atoms with Gasteiger partial charge in [-0.3, -0.25) is 0 Å². The second kappa shape index (κ2) is 4.41. The smallest absolute Gasteiger partial charge is 0.424 e. The highest BCUT2D eigenvalue weighted by Crippen LogP contribution is 2.24. The number of cyclic esters (lactones) is 1. The number of hydrogen-bond acceptors (Lipinski definition) is 4. The van der Waals surface area contributed by atoms with Crippen LogP contribution < -0.4 is 0 Å². The Morgan fingerprint density at radius 3 is 2.56 bits per heavy atom. The summed E-state index contributed by atoms with van der Waals surface area (Å²) in [7, 11) is -4.05. The fourth-order valence-corrected chi connectivity index (χ4v) is 3.04. The number of rotatable bonds is 3. The van der Waals surface area contributed by atoms with Gasteiger partial charge in [0.2, 0.25) is 0 Å². The van der Waals surface area contributed by atoms with E-state index in [2.05, 4.69) is 11.3 Å². The molecule has 0 N–H and O–H groups in total. The lowest BCUT2D eigenvalue weighted by molar-refractivity contribution is 0.170. The lowest BCUT2D eigenvalue weighted by atomic mass is 10.3. The van der Waals surface area contributed by atoms with Crippen LogP contribution in [0.2, 0.25) is 0 Å². The van der Waals surface area contributed by atoms with Gasteiger partial charge in [-0.25, -0.2) is 17.6 Å². The van der Waals surface area contributed by atoms with E-state index in [9.17, 15) is 17.6 Å². The van der Waals surface area contributed by atoms with E-state index in [1.54, 1.807) is 0 Å². The molecular weight excluding hydrogens is 261 g/mol. The monoisotopic (exact) mass is 271 g/mol. The van der Waals surface area contributed by atoms with Crippen molar-refractivity contribution in [3.8, 4) is 0 Å². The molecule has 0 aromatic heterocycles. The van der Waals surface area contributed by atoms with Crippen molar-refractivity contribution >= 4 is 16.1 Å². The average molecular weight is 271 g/mol. The first-order valence-corrected chi connectivity index (χ1v) is 6.50. The van der Waals surface area contributed by atoms with Crippen molar-refractivity contribution in [1.82, 2.24) is 4.31 Å². The quantitative estimate of drug-likeness (QED) is 0.782. The summed E-state index contributed by atoms with van der Waals surface area (Å²) in [4.78, 5) is 11.3. The topological polar surface area (TPSA) is 63.7 Å². The molecule has 0 saturated carbocycles. The first kappa shape index (κ1) is 12.6. The molecule has 1 aromatic carbocycles. The molecule has 18 heavy (non-hydrogen) atoms. The Bertz CT molecular complexity index is 582. The maximum Gasteiger partial charge on any atom is 0.424 e. The van der Waals surface area contributed by atoms with Gasteiger partial charge < -0.3 is 4.74 Å². The fourth-order valence-electron chi connectivity index (χ4n) is 1.58. The number of amides is 1. The maximum absolute atomic E-state index is 12.8. The Kier molecular flexibility index (Phi) is 3.08. The number of carbonyl (C=O) groups is 1. The number of halogens is 1. The van der Waals surface area contributed by atoms with Crippen LogP contribution in [0.3, 0.4) is 0 Å². The molecule has 5 nitrogen and oxygen atoms in total. The predicted octanol–water partition coefficient (Wildman–Crippen LogP) is 1.52. The third-order valence-electron chi connectivity index (χ3n) is 2.50. The molecule has 1 amide bonds. The molecule has 1 heterocycles. The molecule has 96 valence electrons. The van der Waals surface area contributed by atoms with Gasteiger partial charge in [0.05, 0.1) is 4.90 Å². The van der Waals surface area contributed by atoms with Gasteiger partial charge in [0, 0.05) is 0 Å². The molecule has 2 rings (SSSR count). The number of sulfonamides is 1. The summed E-state index contributed by atoms with van der Waals surface area (Å²) in [6.07, 6.45) is 0.357. The van der Waals surface area contributed by atoms with Crippen LogP contribution in [-0.2, 0) is 14.8 Å². The highest BCUT2D eigenvalue weighted by molar-refractivity contribution is 7.89. The molecule has 1 saturated heterocycles. The number of nitrogens with zero attached hydrogens (tertiary/aromatic N) is 1. The standard InChI is InChI=1S/C11H10FNO4S/c1-2-9-7-17-11(14)13(9)18(15,16)10-5-3-8(12)4-6-10/h2-6,9H,1,7H2/t9-/m0/s1. The molecule has 0 radical (unpaired) electrons. The Labute approximate surface area is 104 Å². The fraction of sp³-hybridized carbons (Fsp3) is 0.182. The lowest BCUT2D eigenvalue weighted by Gasteiger charge is -2.18. The molecule has 0 spiro atoms. The normalized spacial score (nSPS) is 19.7. The summed E-state index contributed by atoms with van der Waals surface area (Å²) < 4.78 is 42.4. The number of benzene rings is 1. The zero-order valence-electron chi connectivity index (χ0n) is 9.24. The Balaban J connectivity index is 2.44. The minimum absolute atomic E-state index is 0.0667. The van der Waals surface area contributed by atoms with E-state index in [4.69, 9.17) is 0 Å². The summed E-state index contributed by atoms with van der Waals surface area (Å²) >= 11 is 0. The van der Waals surface area contributed by atoms with Crippen LogP contribution in [-0.4, -0.2) is 31.5 Å². The number of carbonyl (C=O) groups excluding carboxylic acids is 1. The van der Waals surface area contributed by atoms with Crippen molar-refractivity contribution in [3.05, 3.63) is 42.7 Å². The first-order valence-electron chi connectivity index (χ1n) is 5.06. The number of hydrogen-bond donors (Lipinski definition) is 0. The molecule has 1 aromatic rings. The zero-order valence-corrected chi connectivity index (χ0v) is 10.1. The Hall–Kier alpha value is -1.89. The van der Waals surface area contributed by atoms with Crippen LogP contribution in [0.15, 0.2) is 41.8 Å². The highest BCUT2D eigenvalue weighted by Gasteiger charge is 2.41. The van der Waals surface area contributed by atoms with Crippen molar-refractivity contribution in [2.24, 2.45) is 0 Å². The molecule has 7 heteroatoms. The van der Waals surface area contributed by atoms with Crippen molar-refractivity contribution in [2.45, 2.75) is 10.9 Å². The predicted molar refractivity (Wildman–Crippen MR) is 60.8 cm³/mol. The molecule has 1 aliphatic heterocycles. The average Bonchev–Trinajstić information content (AvgIpc) is 2.71. The van der Waals surface area contributed by atoms with Crippen molar-refractivity contribution in [2.75, 3.05) is 6.61 Å².